The van der Waals surface area contributed by atoms with E-state index < -0.39 is 17.9 Å². The van der Waals surface area contributed by atoms with E-state index in [1.54, 1.807) is 24.3 Å². The van der Waals surface area contributed by atoms with Gasteiger partial charge in [0.1, 0.15) is 6.04 Å². The Balaban J connectivity index is 2.54. The maximum absolute atomic E-state index is 12.8. The van der Waals surface area contributed by atoms with Crippen LogP contribution < -0.4 is 5.56 Å². The number of unbranched alkanes of at least 4 members (excludes halogenated alkanes) is 2. The molecule has 0 aliphatic heterocycles. The number of benzene rings is 1. The minimum Gasteiger partial charge on any atom is -0.480 e. The van der Waals surface area contributed by atoms with Crippen LogP contribution in [0.25, 0.3) is 10.8 Å². The standard InChI is InChI=1S/C18H23N3O4/c1-4-5-8-11-21-16(22)14-10-7-6-9-13(14)15(19-21)17(23)20(3)12(2)18(24)25/h6-7,9-10,12H,4-5,8,11H2,1-3H3,(H,24,25). The predicted octanol–water partition coefficient (Wildman–Crippen LogP) is 2.13. The van der Waals surface area contributed by atoms with Gasteiger partial charge in [0, 0.05) is 19.0 Å². The van der Waals surface area contributed by atoms with Crippen molar-refractivity contribution in [2.24, 2.45) is 0 Å². The number of aromatic nitrogens is 2. The van der Waals surface area contributed by atoms with Crippen LogP contribution in [0.3, 0.4) is 0 Å². The Hall–Kier alpha value is -2.70. The number of amides is 1. The van der Waals surface area contributed by atoms with E-state index in [1.165, 1.54) is 18.7 Å². The van der Waals surface area contributed by atoms with Crippen molar-refractivity contribution in [3.05, 3.63) is 40.3 Å². The van der Waals surface area contributed by atoms with Crippen LogP contribution in [-0.4, -0.2) is 44.8 Å². The summed E-state index contributed by atoms with van der Waals surface area (Å²) in [7, 11) is 1.42. The number of carbonyl (C=O) groups excluding carboxylic acids is 1. The molecule has 1 unspecified atom stereocenters. The van der Waals surface area contributed by atoms with Crippen LogP contribution in [-0.2, 0) is 11.3 Å². The fraction of sp³-hybridized carbons (Fsp3) is 0.444. The lowest BCUT2D eigenvalue weighted by atomic mass is 10.1. The number of hydrogen-bond acceptors (Lipinski definition) is 4. The lowest BCUT2D eigenvalue weighted by molar-refractivity contribution is -0.141. The topological polar surface area (TPSA) is 92.5 Å². The summed E-state index contributed by atoms with van der Waals surface area (Å²) in [6.45, 7) is 3.92. The number of carboxylic acids is 1. The smallest absolute Gasteiger partial charge is 0.326 e. The molecule has 1 amide bonds. The van der Waals surface area contributed by atoms with E-state index in [4.69, 9.17) is 5.11 Å². The first-order valence-corrected chi connectivity index (χ1v) is 8.38. The molecule has 0 radical (unpaired) electrons. The van der Waals surface area contributed by atoms with E-state index in [0.29, 0.717) is 17.3 Å². The Morgan fingerprint density at radius 3 is 2.48 bits per heavy atom. The summed E-state index contributed by atoms with van der Waals surface area (Å²) in [6, 6.07) is 5.79. The van der Waals surface area contributed by atoms with Crippen LogP contribution in [0.2, 0.25) is 0 Å². The Labute approximate surface area is 145 Å². The molecule has 0 bridgehead atoms. The van der Waals surface area contributed by atoms with Gasteiger partial charge in [-0.25, -0.2) is 9.48 Å². The molecule has 2 aromatic rings. The maximum atomic E-state index is 12.8. The Morgan fingerprint density at radius 1 is 1.24 bits per heavy atom. The monoisotopic (exact) mass is 345 g/mol. The average molecular weight is 345 g/mol. The van der Waals surface area contributed by atoms with Gasteiger partial charge in [-0.15, -0.1) is 0 Å². The zero-order valence-corrected chi connectivity index (χ0v) is 14.7. The van der Waals surface area contributed by atoms with Crippen molar-refractivity contribution >= 4 is 22.6 Å². The second-order valence-corrected chi connectivity index (χ2v) is 6.06. The summed E-state index contributed by atoms with van der Waals surface area (Å²) in [6.07, 6.45) is 2.75. The van der Waals surface area contributed by atoms with Crippen LogP contribution in [0.1, 0.15) is 43.6 Å². The van der Waals surface area contributed by atoms with Gasteiger partial charge in [-0.2, -0.15) is 5.10 Å². The van der Waals surface area contributed by atoms with Gasteiger partial charge in [0.05, 0.1) is 5.39 Å². The van der Waals surface area contributed by atoms with Gasteiger partial charge < -0.3 is 10.0 Å². The lowest BCUT2D eigenvalue weighted by Gasteiger charge is -2.22. The highest BCUT2D eigenvalue weighted by Gasteiger charge is 2.26. The zero-order valence-electron chi connectivity index (χ0n) is 14.7. The first-order valence-electron chi connectivity index (χ1n) is 8.38. The van der Waals surface area contributed by atoms with Crippen molar-refractivity contribution in [2.45, 2.75) is 45.7 Å². The first kappa shape index (κ1) is 18.6. The van der Waals surface area contributed by atoms with Crippen LogP contribution in [0.5, 0.6) is 0 Å². The zero-order chi connectivity index (χ0) is 18.6. The summed E-state index contributed by atoms with van der Waals surface area (Å²) in [5, 5.41) is 14.2. The molecule has 0 saturated carbocycles. The molecule has 25 heavy (non-hydrogen) atoms. The fourth-order valence-corrected chi connectivity index (χ4v) is 2.56. The molecule has 7 nitrogen and oxygen atoms in total. The number of aliphatic carboxylic acids is 1. The molecule has 2 rings (SSSR count). The molecule has 1 aromatic carbocycles. The largest absolute Gasteiger partial charge is 0.480 e. The van der Waals surface area contributed by atoms with Crippen LogP contribution in [0, 0.1) is 0 Å². The highest BCUT2D eigenvalue weighted by atomic mass is 16.4. The van der Waals surface area contributed by atoms with Gasteiger partial charge in [-0.1, -0.05) is 38.0 Å². The van der Waals surface area contributed by atoms with E-state index >= 15 is 0 Å². The van der Waals surface area contributed by atoms with Crippen LogP contribution in [0.4, 0.5) is 0 Å². The Morgan fingerprint density at radius 2 is 1.88 bits per heavy atom. The van der Waals surface area contributed by atoms with Gasteiger partial charge >= 0.3 is 5.97 Å². The van der Waals surface area contributed by atoms with E-state index in [-0.39, 0.29) is 11.3 Å². The number of likely N-dealkylation sites (N-methyl/N-ethyl adjacent to an activating group) is 1. The summed E-state index contributed by atoms with van der Waals surface area (Å²) in [4.78, 5) is 37.7. The normalized spacial score (nSPS) is 12.1. The molecule has 7 heteroatoms. The van der Waals surface area contributed by atoms with Gasteiger partial charge in [-0.05, 0) is 19.4 Å². The second kappa shape index (κ2) is 7.92. The van der Waals surface area contributed by atoms with Crippen molar-refractivity contribution in [1.82, 2.24) is 14.7 Å². The summed E-state index contributed by atoms with van der Waals surface area (Å²) in [5.74, 6) is -1.62. The van der Waals surface area contributed by atoms with Crippen molar-refractivity contribution in [1.29, 1.82) is 0 Å². The Bertz CT molecular complexity index is 844. The van der Waals surface area contributed by atoms with Crippen LogP contribution in [0.15, 0.2) is 29.1 Å². The third-order valence-electron chi connectivity index (χ3n) is 4.30. The third-order valence-corrected chi connectivity index (χ3v) is 4.30. The average Bonchev–Trinajstić information content (AvgIpc) is 2.62. The predicted molar refractivity (Wildman–Crippen MR) is 94.7 cm³/mol. The minimum atomic E-state index is -1.10. The molecule has 134 valence electrons. The molecular formula is C18H23N3O4. The first-order chi connectivity index (χ1) is 11.9. The van der Waals surface area contributed by atoms with Crippen molar-refractivity contribution in [3.8, 4) is 0 Å². The maximum Gasteiger partial charge on any atom is 0.326 e. The van der Waals surface area contributed by atoms with Crippen molar-refractivity contribution in [2.75, 3.05) is 7.05 Å². The lowest BCUT2D eigenvalue weighted by Crippen LogP contribution is -2.41. The molecule has 1 N–H and O–H groups in total. The SMILES string of the molecule is CCCCCn1nc(C(=O)N(C)C(C)C(=O)O)c2ccccc2c1=O. The number of aryl methyl sites for hydroxylation is 1. The van der Waals surface area contributed by atoms with E-state index in [1.807, 2.05) is 0 Å². The molecule has 1 atom stereocenters. The van der Waals surface area contributed by atoms with Crippen molar-refractivity contribution < 1.29 is 14.7 Å². The molecule has 1 aromatic heterocycles. The molecule has 0 saturated heterocycles. The van der Waals surface area contributed by atoms with Gasteiger partial charge in [0.2, 0.25) is 0 Å². The summed E-state index contributed by atoms with van der Waals surface area (Å²) in [5.41, 5.74) is -0.139. The molecule has 0 aliphatic rings. The number of nitrogens with zero attached hydrogens (tertiary/aromatic N) is 3. The van der Waals surface area contributed by atoms with E-state index in [0.717, 1.165) is 24.2 Å². The molecule has 0 aliphatic carbocycles. The van der Waals surface area contributed by atoms with E-state index in [2.05, 4.69) is 12.0 Å². The Kier molecular flexibility index (Phi) is 5.90. The number of hydrogen-bond donors (Lipinski definition) is 1. The molecule has 1 heterocycles. The second-order valence-electron chi connectivity index (χ2n) is 6.06. The molecule has 0 spiro atoms. The van der Waals surface area contributed by atoms with Crippen molar-refractivity contribution in [3.63, 3.8) is 0 Å². The quantitative estimate of drug-likeness (QED) is 0.776. The van der Waals surface area contributed by atoms with Gasteiger partial charge in [0.25, 0.3) is 11.5 Å². The summed E-state index contributed by atoms with van der Waals surface area (Å²) < 4.78 is 1.31. The summed E-state index contributed by atoms with van der Waals surface area (Å²) >= 11 is 0. The minimum absolute atomic E-state index is 0.0994. The fourth-order valence-electron chi connectivity index (χ4n) is 2.56. The highest BCUT2D eigenvalue weighted by molar-refractivity contribution is 6.05. The third kappa shape index (κ3) is 3.87. The molecular weight excluding hydrogens is 322 g/mol. The number of carboxylic acid groups (broad SMARTS) is 1. The van der Waals surface area contributed by atoms with Gasteiger partial charge in [0.15, 0.2) is 5.69 Å². The number of carbonyl (C=O) groups is 2. The van der Waals surface area contributed by atoms with E-state index in [9.17, 15) is 14.4 Å². The number of rotatable bonds is 7. The highest BCUT2D eigenvalue weighted by Crippen LogP contribution is 2.16. The van der Waals surface area contributed by atoms with Crippen LogP contribution >= 0.6 is 0 Å². The number of fused-ring (bicyclic) bond motifs is 1. The van der Waals surface area contributed by atoms with Gasteiger partial charge in [-0.3, -0.25) is 9.59 Å². The molecule has 0 fully saturated rings.